The minimum absolute atomic E-state index is 0.0148. The number of non-ortho nitro benzene ring substituents is 1. The Morgan fingerprint density at radius 3 is 2.50 bits per heavy atom. The fourth-order valence-electron chi connectivity index (χ4n) is 1.40. The maximum Gasteiger partial charge on any atom is 0.269 e. The lowest BCUT2D eigenvalue weighted by Gasteiger charge is -2.04. The third kappa shape index (κ3) is 4.73. The van der Waals surface area contributed by atoms with Crippen molar-refractivity contribution < 1.29 is 14.5 Å². The van der Waals surface area contributed by atoms with Gasteiger partial charge in [0.25, 0.3) is 5.69 Å². The van der Waals surface area contributed by atoms with Gasteiger partial charge in [0.05, 0.1) is 4.92 Å². The molecule has 1 aromatic rings. The third-order valence-electron chi connectivity index (χ3n) is 2.34. The summed E-state index contributed by atoms with van der Waals surface area (Å²) >= 11 is 0. The number of hydrogen-bond acceptors (Lipinski definition) is 4. The van der Waals surface area contributed by atoms with Crippen LogP contribution in [-0.4, -0.2) is 17.1 Å². The first-order chi connectivity index (χ1) is 8.63. The standard InChI is InChI=1S/C12H14N2O4/c15-9-3-1-2-4-12(16)13-10-5-7-11(8-6-10)14(17)18/h5-9H,1-4H2,(H,13,16). The van der Waals surface area contributed by atoms with Crippen molar-refractivity contribution in [3.63, 3.8) is 0 Å². The van der Waals surface area contributed by atoms with Crippen molar-refractivity contribution in [1.29, 1.82) is 0 Å². The van der Waals surface area contributed by atoms with Crippen LogP contribution in [0.5, 0.6) is 0 Å². The Morgan fingerprint density at radius 2 is 1.94 bits per heavy atom. The highest BCUT2D eigenvalue weighted by Gasteiger charge is 2.06. The van der Waals surface area contributed by atoms with E-state index in [1.165, 1.54) is 24.3 Å². The molecule has 0 spiro atoms. The van der Waals surface area contributed by atoms with E-state index in [1.54, 1.807) is 0 Å². The smallest absolute Gasteiger partial charge is 0.269 e. The van der Waals surface area contributed by atoms with Crippen molar-refractivity contribution >= 4 is 23.6 Å². The SMILES string of the molecule is O=CCCCCC(=O)Nc1ccc([N+](=O)[O-])cc1. The molecular formula is C12H14N2O4. The fourth-order valence-corrected chi connectivity index (χ4v) is 1.40. The number of benzene rings is 1. The van der Waals surface area contributed by atoms with Gasteiger partial charge < -0.3 is 10.1 Å². The van der Waals surface area contributed by atoms with E-state index in [4.69, 9.17) is 0 Å². The molecule has 0 radical (unpaired) electrons. The highest BCUT2D eigenvalue weighted by molar-refractivity contribution is 5.90. The van der Waals surface area contributed by atoms with Gasteiger partial charge in [0, 0.05) is 30.7 Å². The average molecular weight is 250 g/mol. The monoisotopic (exact) mass is 250 g/mol. The summed E-state index contributed by atoms with van der Waals surface area (Å²) in [5.41, 5.74) is 0.514. The van der Waals surface area contributed by atoms with Gasteiger partial charge in [-0.05, 0) is 25.0 Å². The van der Waals surface area contributed by atoms with Gasteiger partial charge in [-0.25, -0.2) is 0 Å². The molecule has 1 amide bonds. The van der Waals surface area contributed by atoms with E-state index >= 15 is 0 Å². The van der Waals surface area contributed by atoms with E-state index in [1.807, 2.05) is 0 Å². The Balaban J connectivity index is 2.39. The van der Waals surface area contributed by atoms with Crippen molar-refractivity contribution in [1.82, 2.24) is 0 Å². The highest BCUT2D eigenvalue weighted by atomic mass is 16.6. The lowest BCUT2D eigenvalue weighted by Crippen LogP contribution is -2.10. The Labute approximate surface area is 104 Å². The number of nitrogens with one attached hydrogen (secondary N) is 1. The molecule has 0 heterocycles. The second kappa shape index (κ2) is 7.16. The van der Waals surface area contributed by atoms with E-state index in [2.05, 4.69) is 5.32 Å². The molecule has 6 nitrogen and oxygen atoms in total. The number of unbranched alkanes of at least 4 members (excludes halogenated alkanes) is 2. The van der Waals surface area contributed by atoms with Crippen LogP contribution in [0.15, 0.2) is 24.3 Å². The first-order valence-electron chi connectivity index (χ1n) is 5.61. The number of nitrogens with zero attached hydrogens (tertiary/aromatic N) is 1. The number of amides is 1. The lowest BCUT2D eigenvalue weighted by atomic mass is 10.2. The zero-order chi connectivity index (χ0) is 13.4. The quantitative estimate of drug-likeness (QED) is 0.348. The van der Waals surface area contributed by atoms with Gasteiger partial charge in [0.15, 0.2) is 0 Å². The average Bonchev–Trinajstić information content (AvgIpc) is 2.35. The molecule has 0 saturated heterocycles. The maximum atomic E-state index is 11.5. The van der Waals surface area contributed by atoms with Crippen LogP contribution in [0.1, 0.15) is 25.7 Å². The van der Waals surface area contributed by atoms with Crippen LogP contribution in [0.25, 0.3) is 0 Å². The number of nitro groups is 1. The van der Waals surface area contributed by atoms with E-state index < -0.39 is 4.92 Å². The zero-order valence-electron chi connectivity index (χ0n) is 9.80. The van der Waals surface area contributed by atoms with Gasteiger partial charge in [0.2, 0.25) is 5.91 Å². The van der Waals surface area contributed by atoms with Gasteiger partial charge in [0.1, 0.15) is 6.29 Å². The van der Waals surface area contributed by atoms with Crippen molar-refractivity contribution in [2.45, 2.75) is 25.7 Å². The highest BCUT2D eigenvalue weighted by Crippen LogP contribution is 2.15. The van der Waals surface area contributed by atoms with Gasteiger partial charge in [-0.2, -0.15) is 0 Å². The van der Waals surface area contributed by atoms with E-state index in [0.29, 0.717) is 31.4 Å². The van der Waals surface area contributed by atoms with Crippen molar-refractivity contribution in [3.8, 4) is 0 Å². The van der Waals surface area contributed by atoms with E-state index in [9.17, 15) is 19.7 Å². The van der Waals surface area contributed by atoms with Crippen LogP contribution in [0.4, 0.5) is 11.4 Å². The molecular weight excluding hydrogens is 236 g/mol. The molecule has 18 heavy (non-hydrogen) atoms. The number of rotatable bonds is 7. The summed E-state index contributed by atoms with van der Waals surface area (Å²) < 4.78 is 0. The molecule has 0 bridgehead atoms. The van der Waals surface area contributed by atoms with Gasteiger partial charge in [-0.15, -0.1) is 0 Å². The fraction of sp³-hybridized carbons (Fsp3) is 0.333. The minimum Gasteiger partial charge on any atom is -0.326 e. The number of nitro benzene ring substituents is 1. The van der Waals surface area contributed by atoms with Gasteiger partial charge in [-0.3, -0.25) is 14.9 Å². The van der Waals surface area contributed by atoms with Crippen LogP contribution in [0.2, 0.25) is 0 Å². The Kier molecular flexibility index (Phi) is 5.50. The molecule has 0 fully saturated rings. The summed E-state index contributed by atoms with van der Waals surface area (Å²) in [6, 6.07) is 5.65. The van der Waals surface area contributed by atoms with E-state index in [0.717, 1.165) is 6.29 Å². The summed E-state index contributed by atoms with van der Waals surface area (Å²) in [6.07, 6.45) is 2.97. The first-order valence-corrected chi connectivity index (χ1v) is 5.61. The van der Waals surface area contributed by atoms with Crippen molar-refractivity contribution in [2.75, 3.05) is 5.32 Å². The van der Waals surface area contributed by atoms with Gasteiger partial charge in [-0.1, -0.05) is 0 Å². The topological polar surface area (TPSA) is 89.3 Å². The lowest BCUT2D eigenvalue weighted by molar-refractivity contribution is -0.384. The van der Waals surface area contributed by atoms with E-state index in [-0.39, 0.29) is 11.6 Å². The van der Waals surface area contributed by atoms with Gasteiger partial charge >= 0.3 is 0 Å². The number of aldehydes is 1. The molecule has 1 aromatic carbocycles. The number of hydrogen-bond donors (Lipinski definition) is 1. The molecule has 0 aliphatic heterocycles. The molecule has 0 atom stereocenters. The molecule has 0 aromatic heterocycles. The molecule has 0 unspecified atom stereocenters. The molecule has 1 N–H and O–H groups in total. The van der Waals surface area contributed by atoms with Crippen LogP contribution >= 0.6 is 0 Å². The molecule has 1 rings (SSSR count). The maximum absolute atomic E-state index is 11.5. The molecule has 0 aliphatic carbocycles. The second-order valence-corrected chi connectivity index (χ2v) is 3.76. The normalized spacial score (nSPS) is 9.78. The predicted octanol–water partition coefficient (Wildman–Crippen LogP) is 2.29. The summed E-state index contributed by atoms with van der Waals surface area (Å²) in [6.45, 7) is 0. The second-order valence-electron chi connectivity index (χ2n) is 3.76. The predicted molar refractivity (Wildman–Crippen MR) is 66.3 cm³/mol. The number of anilines is 1. The minimum atomic E-state index is -0.495. The Bertz CT molecular complexity index is 428. The number of carbonyl (C=O) groups is 2. The van der Waals surface area contributed by atoms with Crippen molar-refractivity contribution in [3.05, 3.63) is 34.4 Å². The van der Waals surface area contributed by atoms with Crippen LogP contribution in [0.3, 0.4) is 0 Å². The number of carbonyl (C=O) groups excluding carboxylic acids is 2. The molecule has 0 aliphatic rings. The Morgan fingerprint density at radius 1 is 1.28 bits per heavy atom. The summed E-state index contributed by atoms with van der Waals surface area (Å²) in [5, 5.41) is 13.1. The molecule has 96 valence electrons. The first kappa shape index (κ1) is 13.8. The largest absolute Gasteiger partial charge is 0.326 e. The Hall–Kier alpha value is -2.24. The van der Waals surface area contributed by atoms with Crippen LogP contribution in [0, 0.1) is 10.1 Å². The van der Waals surface area contributed by atoms with Crippen LogP contribution < -0.4 is 5.32 Å². The summed E-state index contributed by atoms with van der Waals surface area (Å²) in [7, 11) is 0. The zero-order valence-corrected chi connectivity index (χ0v) is 9.80. The summed E-state index contributed by atoms with van der Waals surface area (Å²) in [5.74, 6) is -0.158. The van der Waals surface area contributed by atoms with Crippen molar-refractivity contribution in [2.24, 2.45) is 0 Å². The molecule has 0 saturated carbocycles. The van der Waals surface area contributed by atoms with Crippen LogP contribution in [-0.2, 0) is 9.59 Å². The molecule has 6 heteroatoms. The third-order valence-corrected chi connectivity index (χ3v) is 2.34. The summed E-state index contributed by atoms with van der Waals surface area (Å²) in [4.78, 5) is 31.5.